The van der Waals surface area contributed by atoms with E-state index in [0.29, 0.717) is 25.6 Å². The van der Waals surface area contributed by atoms with E-state index in [9.17, 15) is 12.8 Å². The summed E-state index contributed by atoms with van der Waals surface area (Å²) in [5.41, 5.74) is 0.719. The van der Waals surface area contributed by atoms with E-state index in [1.807, 2.05) is 0 Å². The smallest absolute Gasteiger partial charge is 0.215 e. The Balaban J connectivity index is 0.00000161. The van der Waals surface area contributed by atoms with Crippen molar-refractivity contribution in [3.63, 3.8) is 0 Å². The molecule has 0 aromatic heterocycles. The molecule has 0 bridgehead atoms. The van der Waals surface area contributed by atoms with Gasteiger partial charge in [-0.15, -0.1) is 12.4 Å². The summed E-state index contributed by atoms with van der Waals surface area (Å²) in [6.07, 6.45) is 2.02. The number of nitrogens with one attached hydrogen (secondary N) is 1. The summed E-state index contributed by atoms with van der Waals surface area (Å²) in [7, 11) is -3.26. The van der Waals surface area contributed by atoms with Gasteiger partial charge < -0.3 is 5.32 Å². The number of hydrogen-bond acceptors (Lipinski definition) is 3. The summed E-state index contributed by atoms with van der Waals surface area (Å²) < 4.78 is 39.9. The minimum Gasteiger partial charge on any atom is -0.313 e. The van der Waals surface area contributed by atoms with Gasteiger partial charge in [0.2, 0.25) is 10.0 Å². The first-order valence-corrected chi connectivity index (χ1v) is 8.63. The van der Waals surface area contributed by atoms with Crippen molar-refractivity contribution >= 4 is 22.4 Å². The third-order valence-corrected chi connectivity index (χ3v) is 5.97. The van der Waals surface area contributed by atoms with Crippen LogP contribution in [0.2, 0.25) is 0 Å². The predicted octanol–water partition coefficient (Wildman–Crippen LogP) is 1.93. The molecule has 1 atom stereocenters. The van der Waals surface area contributed by atoms with Gasteiger partial charge in [0.25, 0.3) is 0 Å². The summed E-state index contributed by atoms with van der Waals surface area (Å²) >= 11 is 0. The molecule has 0 amide bonds. The average molecular weight is 335 g/mol. The van der Waals surface area contributed by atoms with Gasteiger partial charge in [-0.05, 0) is 36.5 Å². The maximum absolute atomic E-state index is 13.4. The fraction of sp³-hybridized carbons (Fsp3) is 0.571. The lowest BCUT2D eigenvalue weighted by atomic mass is 10.1. The molecule has 1 aromatic carbocycles. The number of piperazine rings is 1. The second-order valence-corrected chi connectivity index (χ2v) is 7.57. The Bertz CT molecular complexity index is 592. The Kier molecular flexibility index (Phi) is 5.24. The first-order chi connectivity index (χ1) is 9.56. The van der Waals surface area contributed by atoms with Crippen molar-refractivity contribution in [1.29, 1.82) is 0 Å². The fourth-order valence-corrected chi connectivity index (χ4v) is 4.77. The Morgan fingerprint density at radius 3 is 2.76 bits per heavy atom. The summed E-state index contributed by atoms with van der Waals surface area (Å²) in [4.78, 5) is 0. The van der Waals surface area contributed by atoms with Crippen LogP contribution in [-0.4, -0.2) is 38.1 Å². The van der Waals surface area contributed by atoms with E-state index < -0.39 is 10.0 Å². The second-order valence-electron chi connectivity index (χ2n) is 5.61. The van der Waals surface area contributed by atoms with Crippen molar-refractivity contribution in [2.75, 3.05) is 25.4 Å². The van der Waals surface area contributed by atoms with Crippen molar-refractivity contribution in [2.24, 2.45) is 5.92 Å². The quantitative estimate of drug-likeness (QED) is 0.915. The topological polar surface area (TPSA) is 49.4 Å². The zero-order valence-electron chi connectivity index (χ0n) is 11.7. The van der Waals surface area contributed by atoms with E-state index in [-0.39, 0.29) is 30.0 Å². The number of benzene rings is 1. The molecule has 1 aromatic rings. The Hall–Kier alpha value is -0.690. The van der Waals surface area contributed by atoms with E-state index in [1.54, 1.807) is 16.4 Å². The van der Waals surface area contributed by atoms with Gasteiger partial charge in [-0.2, -0.15) is 4.31 Å². The van der Waals surface area contributed by atoms with Crippen molar-refractivity contribution in [3.05, 3.63) is 35.6 Å². The van der Waals surface area contributed by atoms with E-state index in [2.05, 4.69) is 5.32 Å². The molecule has 1 N–H and O–H groups in total. The lowest BCUT2D eigenvalue weighted by Crippen LogP contribution is -2.49. The molecule has 3 rings (SSSR count). The molecule has 21 heavy (non-hydrogen) atoms. The normalized spacial score (nSPS) is 23.6. The highest BCUT2D eigenvalue weighted by Crippen LogP contribution is 2.34. The molecule has 1 aliphatic heterocycles. The highest BCUT2D eigenvalue weighted by atomic mass is 35.5. The molecule has 4 nitrogen and oxygen atoms in total. The van der Waals surface area contributed by atoms with Crippen LogP contribution in [0.25, 0.3) is 0 Å². The number of halogens is 2. The molecule has 1 aliphatic carbocycles. The van der Waals surface area contributed by atoms with E-state index >= 15 is 0 Å². The fourth-order valence-electron chi connectivity index (χ4n) is 2.69. The van der Waals surface area contributed by atoms with Crippen molar-refractivity contribution < 1.29 is 12.8 Å². The van der Waals surface area contributed by atoms with E-state index in [1.165, 1.54) is 12.1 Å². The molecule has 2 aliphatic rings. The summed E-state index contributed by atoms with van der Waals surface area (Å²) in [5.74, 6) is 0.231. The van der Waals surface area contributed by atoms with Gasteiger partial charge in [-0.1, -0.05) is 12.1 Å². The standard InChI is InChI=1S/C14H19FN2O2S.ClH/c15-13-3-1-2-12(8-13)14-9-16-6-7-17(14)20(18,19)10-11-4-5-11;/h1-3,8,11,14,16H,4-7,9-10H2;1H. The summed E-state index contributed by atoms with van der Waals surface area (Å²) in [6.45, 7) is 1.64. The second kappa shape index (κ2) is 6.60. The zero-order valence-corrected chi connectivity index (χ0v) is 13.3. The molecule has 1 unspecified atom stereocenters. The largest absolute Gasteiger partial charge is 0.313 e. The minimum absolute atomic E-state index is 0. The first-order valence-electron chi connectivity index (χ1n) is 7.02. The Morgan fingerprint density at radius 2 is 2.10 bits per heavy atom. The van der Waals surface area contributed by atoms with Gasteiger partial charge in [0.05, 0.1) is 11.8 Å². The first kappa shape index (κ1) is 16.7. The highest BCUT2D eigenvalue weighted by molar-refractivity contribution is 7.89. The Morgan fingerprint density at radius 1 is 1.33 bits per heavy atom. The van der Waals surface area contributed by atoms with Crippen LogP contribution in [0.3, 0.4) is 0 Å². The monoisotopic (exact) mass is 334 g/mol. The molecule has 1 saturated heterocycles. The lowest BCUT2D eigenvalue weighted by Gasteiger charge is -2.35. The summed E-state index contributed by atoms with van der Waals surface area (Å²) in [5, 5.41) is 3.20. The van der Waals surface area contributed by atoms with Crippen LogP contribution >= 0.6 is 12.4 Å². The van der Waals surface area contributed by atoms with Gasteiger partial charge in [0.15, 0.2) is 0 Å². The molecule has 2 fully saturated rings. The zero-order chi connectivity index (χ0) is 14.2. The van der Waals surface area contributed by atoms with Crippen LogP contribution in [0.15, 0.2) is 24.3 Å². The Labute approximate surface area is 131 Å². The lowest BCUT2D eigenvalue weighted by molar-refractivity contribution is 0.270. The van der Waals surface area contributed by atoms with Crippen LogP contribution in [0.1, 0.15) is 24.4 Å². The molecule has 0 radical (unpaired) electrons. The average Bonchev–Trinajstić information content (AvgIpc) is 3.22. The highest BCUT2D eigenvalue weighted by Gasteiger charge is 2.37. The van der Waals surface area contributed by atoms with Crippen LogP contribution < -0.4 is 5.32 Å². The third kappa shape index (κ3) is 3.94. The van der Waals surface area contributed by atoms with Gasteiger partial charge in [0, 0.05) is 19.6 Å². The molecule has 0 spiro atoms. The van der Waals surface area contributed by atoms with Crippen molar-refractivity contribution in [1.82, 2.24) is 9.62 Å². The van der Waals surface area contributed by atoms with Gasteiger partial charge in [-0.25, -0.2) is 12.8 Å². The van der Waals surface area contributed by atoms with Crippen molar-refractivity contribution in [3.8, 4) is 0 Å². The number of hydrogen-bond donors (Lipinski definition) is 1. The maximum atomic E-state index is 13.4. The number of nitrogens with zero attached hydrogens (tertiary/aromatic N) is 1. The molecule has 118 valence electrons. The van der Waals surface area contributed by atoms with Crippen LogP contribution in [0.4, 0.5) is 4.39 Å². The van der Waals surface area contributed by atoms with Crippen LogP contribution in [0, 0.1) is 11.7 Å². The summed E-state index contributed by atoms with van der Waals surface area (Å²) in [6, 6.07) is 5.93. The SMILES string of the molecule is Cl.O=S(=O)(CC1CC1)N1CCNCC1c1cccc(F)c1. The molecular weight excluding hydrogens is 315 g/mol. The third-order valence-electron chi connectivity index (χ3n) is 3.93. The molecule has 1 heterocycles. The minimum atomic E-state index is -3.26. The molecule has 7 heteroatoms. The van der Waals surface area contributed by atoms with Gasteiger partial charge >= 0.3 is 0 Å². The maximum Gasteiger partial charge on any atom is 0.215 e. The van der Waals surface area contributed by atoms with Gasteiger partial charge in [-0.3, -0.25) is 0 Å². The van der Waals surface area contributed by atoms with E-state index in [0.717, 1.165) is 18.4 Å². The van der Waals surface area contributed by atoms with E-state index in [4.69, 9.17) is 0 Å². The van der Waals surface area contributed by atoms with Crippen molar-refractivity contribution in [2.45, 2.75) is 18.9 Å². The predicted molar refractivity (Wildman–Crippen MR) is 82.5 cm³/mol. The molecule has 1 saturated carbocycles. The van der Waals surface area contributed by atoms with Gasteiger partial charge in [0.1, 0.15) is 5.82 Å². The molecular formula is C14H20ClFN2O2S. The van der Waals surface area contributed by atoms with Crippen LogP contribution in [0.5, 0.6) is 0 Å². The van der Waals surface area contributed by atoms with Crippen LogP contribution in [-0.2, 0) is 10.0 Å². The number of sulfonamides is 1. The number of rotatable bonds is 4.